The minimum atomic E-state index is 0. The third-order valence-electron chi connectivity index (χ3n) is 1.66. The van der Waals surface area contributed by atoms with Gasteiger partial charge in [-0.3, -0.25) is 0 Å². The van der Waals surface area contributed by atoms with E-state index in [9.17, 15) is 0 Å². The number of hydrogen-bond donors (Lipinski definition) is 1. The number of aromatic nitrogens is 1. The van der Waals surface area contributed by atoms with Gasteiger partial charge in [0.15, 0.2) is 12.4 Å². The molecule has 0 saturated heterocycles. The van der Waals surface area contributed by atoms with E-state index in [1.807, 2.05) is 36.0 Å². The lowest BCUT2D eigenvalue weighted by atomic mass is 10.3. The monoisotopic (exact) mass is 240 g/mol. The van der Waals surface area contributed by atoms with Gasteiger partial charge in [0, 0.05) is 24.1 Å². The average molecular weight is 241 g/mol. The van der Waals surface area contributed by atoms with E-state index in [4.69, 9.17) is 9.94 Å². The highest BCUT2D eigenvalue weighted by atomic mass is 35.5. The van der Waals surface area contributed by atoms with Crippen LogP contribution in [0.15, 0.2) is 29.7 Å². The normalized spacial score (nSPS) is 9.06. The summed E-state index contributed by atoms with van der Waals surface area (Å²) in [6.07, 6.45) is 8.39. The molecule has 0 fully saturated rings. The first kappa shape index (κ1) is 14.3. The summed E-state index contributed by atoms with van der Waals surface area (Å²) in [6.45, 7) is 2.36. The molecule has 1 heterocycles. The predicted molar refractivity (Wildman–Crippen MR) is 55.2 cm³/mol. The van der Waals surface area contributed by atoms with Gasteiger partial charge in [-0.2, -0.15) is 4.57 Å². The van der Waals surface area contributed by atoms with Crippen molar-refractivity contribution in [1.29, 1.82) is 0 Å². The van der Waals surface area contributed by atoms with Crippen LogP contribution in [0.4, 0.5) is 0 Å². The summed E-state index contributed by atoms with van der Waals surface area (Å²) in [4.78, 5) is 0. The standard InChI is InChI=1S/C11H12N2O2.ClH/c1-2-3-8-15-10-13-6-4-11(5-7-13)9-12-14;/h4-7,9H,2,10H2,1H3;1H. The molecule has 4 nitrogen and oxygen atoms in total. The second-order valence-corrected chi connectivity index (χ2v) is 2.80. The average Bonchev–Trinajstić information content (AvgIpc) is 2.27. The Kier molecular flexibility index (Phi) is 7.64. The van der Waals surface area contributed by atoms with E-state index >= 15 is 0 Å². The topological polar surface area (TPSA) is 45.7 Å². The first-order chi connectivity index (χ1) is 7.36. The number of oxime groups is 1. The molecule has 0 aliphatic heterocycles. The summed E-state index contributed by atoms with van der Waals surface area (Å²) in [5.41, 5.74) is 0.827. The summed E-state index contributed by atoms with van der Waals surface area (Å²) in [6, 6.07) is 3.63. The van der Waals surface area contributed by atoms with Crippen LogP contribution < -0.4 is 17.0 Å². The van der Waals surface area contributed by atoms with Gasteiger partial charge in [0.1, 0.15) is 6.11 Å². The first-order valence-corrected chi connectivity index (χ1v) is 4.63. The van der Waals surface area contributed by atoms with Crippen molar-refractivity contribution in [2.45, 2.75) is 20.1 Å². The molecule has 0 aromatic carbocycles. The lowest BCUT2D eigenvalue weighted by Crippen LogP contribution is -3.00. The van der Waals surface area contributed by atoms with Crippen molar-refractivity contribution >= 4 is 6.21 Å². The largest absolute Gasteiger partial charge is 1.00 e. The Balaban J connectivity index is 0.00000225. The van der Waals surface area contributed by atoms with Crippen LogP contribution in [0, 0.1) is 12.0 Å². The van der Waals surface area contributed by atoms with E-state index in [2.05, 4.69) is 17.2 Å². The molecule has 1 aromatic heterocycles. The minimum absolute atomic E-state index is 0. The summed E-state index contributed by atoms with van der Waals surface area (Å²) in [5, 5.41) is 11.2. The quantitative estimate of drug-likeness (QED) is 0.221. The van der Waals surface area contributed by atoms with Crippen LogP contribution in [0.5, 0.6) is 0 Å². The molecule has 86 valence electrons. The van der Waals surface area contributed by atoms with E-state index in [-0.39, 0.29) is 12.4 Å². The van der Waals surface area contributed by atoms with Crippen LogP contribution in [0.2, 0.25) is 0 Å². The molecule has 0 amide bonds. The van der Waals surface area contributed by atoms with E-state index in [0.717, 1.165) is 12.0 Å². The maximum atomic E-state index is 8.31. The molecule has 5 heteroatoms. The maximum Gasteiger partial charge on any atom is 0.301 e. The van der Waals surface area contributed by atoms with Crippen molar-refractivity contribution in [1.82, 2.24) is 0 Å². The van der Waals surface area contributed by atoms with Crippen molar-refractivity contribution in [3.05, 3.63) is 30.1 Å². The highest BCUT2D eigenvalue weighted by Crippen LogP contribution is 1.89. The fourth-order valence-electron chi connectivity index (χ4n) is 0.938. The molecule has 0 unspecified atom stereocenters. The fourth-order valence-corrected chi connectivity index (χ4v) is 0.938. The second-order valence-electron chi connectivity index (χ2n) is 2.80. The van der Waals surface area contributed by atoms with Gasteiger partial charge in [-0.25, -0.2) is 0 Å². The van der Waals surface area contributed by atoms with E-state index in [0.29, 0.717) is 6.73 Å². The lowest BCUT2D eigenvalue weighted by molar-refractivity contribution is -0.728. The molecular weight excluding hydrogens is 228 g/mol. The van der Waals surface area contributed by atoms with Crippen LogP contribution in [0.3, 0.4) is 0 Å². The van der Waals surface area contributed by atoms with Gasteiger partial charge in [0.2, 0.25) is 0 Å². The molecule has 0 bridgehead atoms. The zero-order valence-corrected chi connectivity index (χ0v) is 9.68. The zero-order chi connectivity index (χ0) is 10.9. The van der Waals surface area contributed by atoms with Gasteiger partial charge in [-0.05, 0) is 0 Å². The Bertz CT molecular complexity index is 379. The molecule has 16 heavy (non-hydrogen) atoms. The molecule has 0 aliphatic carbocycles. The minimum Gasteiger partial charge on any atom is -1.00 e. The van der Waals surface area contributed by atoms with E-state index < -0.39 is 0 Å². The van der Waals surface area contributed by atoms with Gasteiger partial charge in [0.25, 0.3) is 0 Å². The molecule has 1 rings (SSSR count). The second kappa shape index (κ2) is 8.57. The third kappa shape index (κ3) is 5.23. The van der Waals surface area contributed by atoms with E-state index in [1.54, 1.807) is 0 Å². The Hall–Kier alpha value is -1.73. The number of hydrogen-bond acceptors (Lipinski definition) is 3. The summed E-state index contributed by atoms with van der Waals surface area (Å²) in [7, 11) is 0. The molecule has 1 N–H and O–H groups in total. The number of halogens is 1. The summed E-state index contributed by atoms with van der Waals surface area (Å²) < 4.78 is 6.91. The highest BCUT2D eigenvalue weighted by Gasteiger charge is 1.97. The van der Waals surface area contributed by atoms with Gasteiger partial charge < -0.3 is 22.4 Å². The fraction of sp³-hybridized carbons (Fsp3) is 0.273. The molecule has 0 radical (unpaired) electrons. The number of ether oxygens (including phenoxy) is 1. The van der Waals surface area contributed by atoms with Crippen molar-refractivity contribution in [3.63, 3.8) is 0 Å². The first-order valence-electron chi connectivity index (χ1n) is 4.63. The van der Waals surface area contributed by atoms with E-state index in [1.165, 1.54) is 6.21 Å². The van der Waals surface area contributed by atoms with Crippen LogP contribution in [0.25, 0.3) is 0 Å². The number of nitrogens with zero attached hydrogens (tertiary/aromatic N) is 2. The van der Waals surface area contributed by atoms with Crippen LogP contribution >= 0.6 is 0 Å². The summed E-state index contributed by atoms with van der Waals surface area (Å²) in [5.74, 6) is 2.81. The molecule has 0 atom stereocenters. The SMILES string of the molecule is CCC#COC[n+]1ccc(C=NO)cc1.[Cl-]. The molecule has 1 aromatic rings. The van der Waals surface area contributed by atoms with Crippen LogP contribution in [-0.4, -0.2) is 11.4 Å². The maximum absolute atomic E-state index is 8.31. The van der Waals surface area contributed by atoms with Crippen molar-refractivity contribution < 1.29 is 26.9 Å². The Morgan fingerprint density at radius 1 is 1.50 bits per heavy atom. The predicted octanol–water partition coefficient (Wildman–Crippen LogP) is -1.87. The van der Waals surface area contributed by atoms with Crippen molar-refractivity contribution in [3.8, 4) is 12.0 Å². The highest BCUT2D eigenvalue weighted by molar-refractivity contribution is 5.78. The number of rotatable bonds is 3. The van der Waals surface area contributed by atoms with Gasteiger partial charge in [-0.15, -0.1) is 0 Å². The van der Waals surface area contributed by atoms with Crippen molar-refractivity contribution in [2.24, 2.45) is 5.16 Å². The molecule has 0 saturated carbocycles. The zero-order valence-electron chi connectivity index (χ0n) is 8.93. The lowest BCUT2D eigenvalue weighted by Gasteiger charge is -1.94. The van der Waals surface area contributed by atoms with Gasteiger partial charge >= 0.3 is 6.73 Å². The van der Waals surface area contributed by atoms with Crippen LogP contribution in [-0.2, 0) is 11.5 Å². The smallest absolute Gasteiger partial charge is 0.301 e. The third-order valence-corrected chi connectivity index (χ3v) is 1.66. The van der Waals surface area contributed by atoms with Crippen LogP contribution in [0.1, 0.15) is 18.9 Å². The Morgan fingerprint density at radius 3 is 2.75 bits per heavy atom. The van der Waals surface area contributed by atoms with Gasteiger partial charge in [-0.1, -0.05) is 18.0 Å². The Morgan fingerprint density at radius 2 is 2.19 bits per heavy atom. The Labute approximate surface area is 101 Å². The summed E-state index contributed by atoms with van der Waals surface area (Å²) >= 11 is 0. The molecule has 0 aliphatic rings. The van der Waals surface area contributed by atoms with Crippen molar-refractivity contribution in [2.75, 3.05) is 0 Å². The number of pyridine rings is 1. The molecule has 0 spiro atoms. The van der Waals surface area contributed by atoms with Gasteiger partial charge in [0.05, 0.1) is 6.21 Å². The molecular formula is C11H13ClN2O2.